The van der Waals surface area contributed by atoms with Gasteiger partial charge in [0, 0.05) is 13.1 Å². The maximum absolute atomic E-state index is 10.6. The number of benzene rings is 2. The van der Waals surface area contributed by atoms with E-state index in [9.17, 15) is 5.11 Å². The molecule has 1 fully saturated rings. The highest BCUT2D eigenvalue weighted by atomic mass is 16.3. The van der Waals surface area contributed by atoms with Crippen molar-refractivity contribution < 1.29 is 5.11 Å². The van der Waals surface area contributed by atoms with E-state index < -0.39 is 5.60 Å². The minimum atomic E-state index is -0.521. The molecule has 1 aliphatic heterocycles. The molecule has 0 aromatic heterocycles. The molecule has 2 aliphatic rings. The lowest BCUT2D eigenvalue weighted by Crippen LogP contribution is -2.64. The molecule has 0 atom stereocenters. The van der Waals surface area contributed by atoms with E-state index in [0.717, 1.165) is 13.1 Å². The molecule has 4 rings (SSSR count). The summed E-state index contributed by atoms with van der Waals surface area (Å²) in [5, 5.41) is 10.6. The van der Waals surface area contributed by atoms with Crippen molar-refractivity contribution in [1.82, 2.24) is 4.90 Å². The zero-order valence-electron chi connectivity index (χ0n) is 12.6. The molecule has 108 valence electrons. The lowest BCUT2D eigenvalue weighted by atomic mass is 9.81. The third kappa shape index (κ3) is 1.79. The molecule has 1 heterocycles. The summed E-state index contributed by atoms with van der Waals surface area (Å²) in [6, 6.07) is 17.6. The fourth-order valence-electron chi connectivity index (χ4n) is 3.73. The predicted molar refractivity (Wildman–Crippen MR) is 85.1 cm³/mol. The summed E-state index contributed by atoms with van der Waals surface area (Å²) < 4.78 is 0. The molecule has 1 saturated heterocycles. The quantitative estimate of drug-likeness (QED) is 0.910. The van der Waals surface area contributed by atoms with Gasteiger partial charge < -0.3 is 5.11 Å². The SMILES string of the molecule is CC(C)C1(O)CN(C2c3ccccc3-c3ccccc32)C1. The average molecular weight is 279 g/mol. The van der Waals surface area contributed by atoms with Crippen LogP contribution in [0.2, 0.25) is 0 Å². The maximum atomic E-state index is 10.6. The van der Waals surface area contributed by atoms with Crippen molar-refractivity contribution in [1.29, 1.82) is 0 Å². The summed E-state index contributed by atoms with van der Waals surface area (Å²) in [4.78, 5) is 2.41. The van der Waals surface area contributed by atoms with Crippen molar-refractivity contribution in [3.63, 3.8) is 0 Å². The van der Waals surface area contributed by atoms with Crippen LogP contribution in [-0.2, 0) is 0 Å². The van der Waals surface area contributed by atoms with Crippen molar-refractivity contribution in [2.75, 3.05) is 13.1 Å². The van der Waals surface area contributed by atoms with Crippen molar-refractivity contribution in [2.45, 2.75) is 25.5 Å². The van der Waals surface area contributed by atoms with Gasteiger partial charge in [-0.3, -0.25) is 4.90 Å². The molecule has 1 N–H and O–H groups in total. The van der Waals surface area contributed by atoms with E-state index in [-0.39, 0.29) is 0 Å². The fourth-order valence-corrected chi connectivity index (χ4v) is 3.73. The minimum Gasteiger partial charge on any atom is -0.387 e. The van der Waals surface area contributed by atoms with Crippen LogP contribution in [0.5, 0.6) is 0 Å². The van der Waals surface area contributed by atoms with Gasteiger partial charge in [0.05, 0.1) is 11.6 Å². The van der Waals surface area contributed by atoms with Crippen LogP contribution in [0.4, 0.5) is 0 Å². The fraction of sp³-hybridized carbons (Fsp3) is 0.368. The van der Waals surface area contributed by atoms with E-state index >= 15 is 0 Å². The first-order valence-corrected chi connectivity index (χ1v) is 7.75. The normalized spacial score (nSPS) is 20.2. The van der Waals surface area contributed by atoms with E-state index in [1.165, 1.54) is 22.3 Å². The first-order chi connectivity index (χ1) is 10.1. The monoisotopic (exact) mass is 279 g/mol. The Morgan fingerprint density at radius 3 is 1.90 bits per heavy atom. The number of hydrogen-bond donors (Lipinski definition) is 1. The van der Waals surface area contributed by atoms with E-state index in [2.05, 4.69) is 67.3 Å². The number of aliphatic hydroxyl groups is 1. The highest BCUT2D eigenvalue weighted by Gasteiger charge is 2.48. The number of nitrogens with zero attached hydrogens (tertiary/aromatic N) is 1. The van der Waals surface area contributed by atoms with Gasteiger partial charge in [-0.25, -0.2) is 0 Å². The molecule has 0 spiro atoms. The van der Waals surface area contributed by atoms with Crippen molar-refractivity contribution in [2.24, 2.45) is 5.92 Å². The lowest BCUT2D eigenvalue weighted by molar-refractivity contribution is -0.137. The molecule has 2 aromatic rings. The van der Waals surface area contributed by atoms with Crippen LogP contribution in [-0.4, -0.2) is 28.7 Å². The topological polar surface area (TPSA) is 23.5 Å². The second kappa shape index (κ2) is 4.43. The number of rotatable bonds is 2. The Morgan fingerprint density at radius 1 is 0.952 bits per heavy atom. The third-order valence-corrected chi connectivity index (χ3v) is 5.19. The number of β-amino-alcohol motifs (C(OH)–C–C–N with tert-alkyl or cyclic N) is 1. The van der Waals surface area contributed by atoms with Crippen LogP contribution >= 0.6 is 0 Å². The first kappa shape index (κ1) is 13.1. The van der Waals surface area contributed by atoms with Crippen LogP contribution in [0.15, 0.2) is 48.5 Å². The summed E-state index contributed by atoms with van der Waals surface area (Å²) in [6.07, 6.45) is 0. The summed E-state index contributed by atoms with van der Waals surface area (Å²) in [5.41, 5.74) is 4.93. The summed E-state index contributed by atoms with van der Waals surface area (Å²) in [5.74, 6) is 0.306. The molecule has 21 heavy (non-hydrogen) atoms. The van der Waals surface area contributed by atoms with Crippen LogP contribution in [0.25, 0.3) is 11.1 Å². The Kier molecular flexibility index (Phi) is 2.75. The Hall–Kier alpha value is -1.64. The van der Waals surface area contributed by atoms with Crippen LogP contribution in [0, 0.1) is 5.92 Å². The summed E-state index contributed by atoms with van der Waals surface area (Å²) >= 11 is 0. The van der Waals surface area contributed by atoms with Crippen molar-refractivity contribution in [3.8, 4) is 11.1 Å². The molecule has 0 saturated carbocycles. The van der Waals surface area contributed by atoms with E-state index in [1.54, 1.807) is 0 Å². The van der Waals surface area contributed by atoms with Gasteiger partial charge in [-0.2, -0.15) is 0 Å². The minimum absolute atomic E-state index is 0.302. The summed E-state index contributed by atoms with van der Waals surface area (Å²) in [6.45, 7) is 5.73. The number of fused-ring (bicyclic) bond motifs is 3. The van der Waals surface area contributed by atoms with E-state index in [4.69, 9.17) is 0 Å². The third-order valence-electron chi connectivity index (χ3n) is 5.19. The molecule has 2 aromatic carbocycles. The van der Waals surface area contributed by atoms with Gasteiger partial charge in [-0.15, -0.1) is 0 Å². The molecule has 2 nitrogen and oxygen atoms in total. The highest BCUT2D eigenvalue weighted by molar-refractivity contribution is 5.78. The molecular weight excluding hydrogens is 258 g/mol. The maximum Gasteiger partial charge on any atom is 0.0923 e. The van der Waals surface area contributed by atoms with Gasteiger partial charge in [0.15, 0.2) is 0 Å². The standard InChI is InChI=1S/C19H21NO/c1-13(2)19(21)11-20(12-19)18-16-9-5-3-7-14(16)15-8-4-6-10-17(15)18/h3-10,13,18,21H,11-12H2,1-2H3. The second-order valence-corrected chi connectivity index (χ2v) is 6.74. The Morgan fingerprint density at radius 2 is 1.43 bits per heavy atom. The molecule has 0 bridgehead atoms. The Bertz CT molecular complexity index is 640. The second-order valence-electron chi connectivity index (χ2n) is 6.74. The van der Waals surface area contributed by atoms with Gasteiger partial charge >= 0.3 is 0 Å². The van der Waals surface area contributed by atoms with Crippen molar-refractivity contribution in [3.05, 3.63) is 59.7 Å². The molecule has 0 radical (unpaired) electrons. The average Bonchev–Trinajstić information content (AvgIpc) is 2.78. The zero-order valence-corrected chi connectivity index (χ0v) is 12.6. The molecule has 0 unspecified atom stereocenters. The zero-order chi connectivity index (χ0) is 14.6. The van der Waals surface area contributed by atoms with Gasteiger partial charge in [-0.1, -0.05) is 62.4 Å². The van der Waals surface area contributed by atoms with E-state index in [0.29, 0.717) is 12.0 Å². The van der Waals surface area contributed by atoms with Gasteiger partial charge in [0.2, 0.25) is 0 Å². The summed E-state index contributed by atoms with van der Waals surface area (Å²) in [7, 11) is 0. The molecule has 2 heteroatoms. The predicted octanol–water partition coefficient (Wildman–Crippen LogP) is 3.46. The van der Waals surface area contributed by atoms with Crippen LogP contribution < -0.4 is 0 Å². The molecule has 0 amide bonds. The lowest BCUT2D eigenvalue weighted by Gasteiger charge is -2.52. The Balaban J connectivity index is 1.74. The van der Waals surface area contributed by atoms with Crippen molar-refractivity contribution >= 4 is 0 Å². The van der Waals surface area contributed by atoms with Gasteiger partial charge in [0.1, 0.15) is 0 Å². The largest absolute Gasteiger partial charge is 0.387 e. The van der Waals surface area contributed by atoms with Crippen LogP contribution in [0.1, 0.15) is 31.0 Å². The van der Waals surface area contributed by atoms with E-state index in [1.807, 2.05) is 0 Å². The Labute approximate surface area is 126 Å². The highest BCUT2D eigenvalue weighted by Crippen LogP contribution is 2.49. The number of likely N-dealkylation sites (tertiary alicyclic amines) is 1. The smallest absolute Gasteiger partial charge is 0.0923 e. The van der Waals surface area contributed by atoms with Crippen LogP contribution in [0.3, 0.4) is 0 Å². The number of hydrogen-bond acceptors (Lipinski definition) is 2. The first-order valence-electron chi connectivity index (χ1n) is 7.75. The van der Waals surface area contributed by atoms with Gasteiger partial charge in [0.25, 0.3) is 0 Å². The molecule has 1 aliphatic carbocycles. The van der Waals surface area contributed by atoms with Gasteiger partial charge in [-0.05, 0) is 28.2 Å². The molecular formula is C19H21NO.